The van der Waals surface area contributed by atoms with Crippen LogP contribution in [0.4, 0.5) is 0 Å². The van der Waals surface area contributed by atoms with E-state index in [-0.39, 0.29) is 11.3 Å². The Morgan fingerprint density at radius 1 is 1.35 bits per heavy atom. The van der Waals surface area contributed by atoms with Crippen LogP contribution in [0.25, 0.3) is 0 Å². The predicted molar refractivity (Wildman–Crippen MR) is 71.4 cm³/mol. The molecule has 1 fully saturated rings. The molecule has 0 radical (unpaired) electrons. The summed E-state index contributed by atoms with van der Waals surface area (Å²) in [6, 6.07) is 0. The number of hydrogen-bond donors (Lipinski definition) is 2. The summed E-state index contributed by atoms with van der Waals surface area (Å²) in [6.07, 6.45) is 2.70. The number of piperidine rings is 1. The number of nitrogens with one attached hydrogen (secondary N) is 2. The molecule has 0 aliphatic carbocycles. The van der Waals surface area contributed by atoms with Gasteiger partial charge in [-0.15, -0.1) is 0 Å². The largest absolute Gasteiger partial charge is 0.355 e. The van der Waals surface area contributed by atoms with Crippen LogP contribution >= 0.6 is 0 Å². The van der Waals surface area contributed by atoms with Crippen molar-refractivity contribution in [1.82, 2.24) is 10.6 Å². The van der Waals surface area contributed by atoms with E-state index in [1.54, 1.807) is 0 Å². The van der Waals surface area contributed by atoms with Crippen molar-refractivity contribution < 1.29 is 9.00 Å². The number of carbonyl (C=O) groups is 1. The Labute approximate surface area is 106 Å². The van der Waals surface area contributed by atoms with E-state index in [2.05, 4.69) is 17.6 Å². The van der Waals surface area contributed by atoms with Gasteiger partial charge >= 0.3 is 0 Å². The topological polar surface area (TPSA) is 58.2 Å². The minimum absolute atomic E-state index is 0.148. The minimum Gasteiger partial charge on any atom is -0.355 e. The molecule has 1 heterocycles. The Morgan fingerprint density at radius 3 is 2.53 bits per heavy atom. The summed E-state index contributed by atoms with van der Waals surface area (Å²) in [5.74, 6) is 1.38. The Kier molecular flexibility index (Phi) is 6.12. The maximum absolute atomic E-state index is 12.2. The summed E-state index contributed by atoms with van der Waals surface area (Å²) in [4.78, 5) is 12.2. The fourth-order valence-corrected chi connectivity index (χ4v) is 2.88. The predicted octanol–water partition coefficient (Wildman–Crippen LogP) is 0.651. The highest BCUT2D eigenvalue weighted by molar-refractivity contribution is 7.84. The van der Waals surface area contributed by atoms with Crippen molar-refractivity contribution in [1.29, 1.82) is 0 Å². The zero-order chi connectivity index (χ0) is 12.7. The molecule has 1 aliphatic heterocycles. The lowest BCUT2D eigenvalue weighted by Gasteiger charge is -2.35. The smallest absolute Gasteiger partial charge is 0.226 e. The molecule has 1 saturated heterocycles. The molecule has 0 saturated carbocycles. The van der Waals surface area contributed by atoms with Gasteiger partial charge < -0.3 is 10.6 Å². The molecule has 1 atom stereocenters. The number of hydrogen-bond acceptors (Lipinski definition) is 3. The lowest BCUT2D eigenvalue weighted by molar-refractivity contribution is -0.132. The number of rotatable bonds is 6. The monoisotopic (exact) mass is 260 g/mol. The van der Waals surface area contributed by atoms with Crippen LogP contribution in [0.3, 0.4) is 0 Å². The second-order valence-corrected chi connectivity index (χ2v) is 6.44. The van der Waals surface area contributed by atoms with Crippen molar-refractivity contribution in [3.05, 3.63) is 0 Å². The average Bonchev–Trinajstić information content (AvgIpc) is 2.39. The third kappa shape index (κ3) is 4.07. The molecule has 0 aromatic rings. The van der Waals surface area contributed by atoms with Crippen LogP contribution in [0.5, 0.6) is 0 Å². The lowest BCUT2D eigenvalue weighted by atomic mass is 9.76. The molecule has 2 N–H and O–H groups in total. The minimum atomic E-state index is -0.791. The SMILES string of the molecule is CCS(=O)CCNC(=O)C1(CC)CCNCC1. The van der Waals surface area contributed by atoms with Crippen molar-refractivity contribution in [2.24, 2.45) is 5.41 Å². The van der Waals surface area contributed by atoms with Gasteiger partial charge in [0.05, 0.1) is 5.41 Å². The van der Waals surface area contributed by atoms with Gasteiger partial charge in [-0.1, -0.05) is 13.8 Å². The van der Waals surface area contributed by atoms with Gasteiger partial charge in [0.2, 0.25) is 5.91 Å². The van der Waals surface area contributed by atoms with E-state index in [0.717, 1.165) is 32.4 Å². The molecular formula is C12H24N2O2S. The van der Waals surface area contributed by atoms with Crippen molar-refractivity contribution in [2.45, 2.75) is 33.1 Å². The summed E-state index contributed by atoms with van der Waals surface area (Å²) >= 11 is 0. The van der Waals surface area contributed by atoms with Crippen LogP contribution in [0.1, 0.15) is 33.1 Å². The zero-order valence-electron chi connectivity index (χ0n) is 10.9. The van der Waals surface area contributed by atoms with Crippen molar-refractivity contribution in [2.75, 3.05) is 31.1 Å². The molecular weight excluding hydrogens is 236 g/mol. The first-order chi connectivity index (χ1) is 8.14. The van der Waals surface area contributed by atoms with Gasteiger partial charge in [0.15, 0.2) is 0 Å². The van der Waals surface area contributed by atoms with Gasteiger partial charge in [0.1, 0.15) is 0 Å². The highest BCUT2D eigenvalue weighted by Crippen LogP contribution is 2.32. The summed E-state index contributed by atoms with van der Waals surface area (Å²) in [5, 5.41) is 6.23. The van der Waals surface area contributed by atoms with Gasteiger partial charge in [-0.05, 0) is 32.4 Å². The van der Waals surface area contributed by atoms with E-state index in [1.165, 1.54) is 0 Å². The Hall–Kier alpha value is -0.420. The quantitative estimate of drug-likeness (QED) is 0.737. The molecule has 17 heavy (non-hydrogen) atoms. The van der Waals surface area contributed by atoms with Crippen LogP contribution in [-0.4, -0.2) is 41.3 Å². The van der Waals surface area contributed by atoms with E-state index < -0.39 is 10.8 Å². The van der Waals surface area contributed by atoms with Crippen LogP contribution in [-0.2, 0) is 15.6 Å². The molecule has 4 nitrogen and oxygen atoms in total. The Balaban J connectivity index is 2.41. The highest BCUT2D eigenvalue weighted by Gasteiger charge is 2.37. The maximum atomic E-state index is 12.2. The van der Waals surface area contributed by atoms with E-state index >= 15 is 0 Å². The summed E-state index contributed by atoms with van der Waals surface area (Å²) in [7, 11) is -0.791. The average molecular weight is 260 g/mol. The van der Waals surface area contributed by atoms with Crippen molar-refractivity contribution >= 4 is 16.7 Å². The third-order valence-electron chi connectivity index (χ3n) is 3.66. The van der Waals surface area contributed by atoms with Crippen LogP contribution in [0.2, 0.25) is 0 Å². The summed E-state index contributed by atoms with van der Waals surface area (Å²) in [5.41, 5.74) is -0.195. The van der Waals surface area contributed by atoms with Gasteiger partial charge in [-0.3, -0.25) is 9.00 Å². The van der Waals surface area contributed by atoms with E-state index in [9.17, 15) is 9.00 Å². The summed E-state index contributed by atoms with van der Waals surface area (Å²) < 4.78 is 11.3. The Bertz CT molecular complexity index is 276. The first-order valence-electron chi connectivity index (χ1n) is 6.48. The molecule has 0 spiro atoms. The van der Waals surface area contributed by atoms with Crippen LogP contribution in [0.15, 0.2) is 0 Å². The molecule has 1 rings (SSSR count). The fourth-order valence-electron chi connectivity index (χ4n) is 2.26. The second-order valence-electron chi connectivity index (χ2n) is 4.57. The van der Waals surface area contributed by atoms with Gasteiger partial charge in [-0.25, -0.2) is 0 Å². The molecule has 100 valence electrons. The lowest BCUT2D eigenvalue weighted by Crippen LogP contribution is -2.48. The molecule has 1 unspecified atom stereocenters. The molecule has 0 aromatic carbocycles. The first-order valence-corrected chi connectivity index (χ1v) is 7.97. The van der Waals surface area contributed by atoms with E-state index in [0.29, 0.717) is 18.1 Å². The normalized spacial score (nSPS) is 20.8. The summed E-state index contributed by atoms with van der Waals surface area (Å²) in [6.45, 7) is 6.35. The van der Waals surface area contributed by atoms with Crippen molar-refractivity contribution in [3.63, 3.8) is 0 Å². The van der Waals surface area contributed by atoms with Gasteiger partial charge in [0, 0.05) is 28.9 Å². The molecule has 0 aromatic heterocycles. The van der Waals surface area contributed by atoms with Crippen molar-refractivity contribution in [3.8, 4) is 0 Å². The fraction of sp³-hybridized carbons (Fsp3) is 0.917. The molecule has 1 amide bonds. The van der Waals surface area contributed by atoms with Crippen LogP contribution < -0.4 is 10.6 Å². The maximum Gasteiger partial charge on any atom is 0.226 e. The highest BCUT2D eigenvalue weighted by atomic mass is 32.2. The van der Waals surface area contributed by atoms with E-state index in [1.807, 2.05) is 6.92 Å². The molecule has 1 aliphatic rings. The first kappa shape index (κ1) is 14.6. The number of amides is 1. The molecule has 5 heteroatoms. The molecule has 0 bridgehead atoms. The standard InChI is InChI=1S/C12H24N2O2S/c1-3-12(5-7-13-8-6-12)11(15)14-9-10-17(16)4-2/h13H,3-10H2,1-2H3,(H,14,15). The van der Waals surface area contributed by atoms with Gasteiger partial charge in [0.25, 0.3) is 0 Å². The van der Waals surface area contributed by atoms with E-state index in [4.69, 9.17) is 0 Å². The number of carbonyl (C=O) groups excluding carboxylic acids is 1. The Morgan fingerprint density at radius 2 is 2.00 bits per heavy atom. The third-order valence-corrected chi connectivity index (χ3v) is 4.96. The van der Waals surface area contributed by atoms with Crippen LogP contribution in [0, 0.1) is 5.41 Å². The van der Waals surface area contributed by atoms with Gasteiger partial charge in [-0.2, -0.15) is 0 Å². The zero-order valence-corrected chi connectivity index (χ0v) is 11.7. The second kappa shape index (κ2) is 7.11.